The van der Waals surface area contributed by atoms with Gasteiger partial charge in [-0.25, -0.2) is 4.98 Å². The van der Waals surface area contributed by atoms with Crippen molar-refractivity contribution in [3.8, 4) is 0 Å². The molecular weight excluding hydrogens is 369 g/mol. The summed E-state index contributed by atoms with van der Waals surface area (Å²) in [5.41, 5.74) is -0.328. The van der Waals surface area contributed by atoms with Crippen LogP contribution in [0.4, 0.5) is 13.2 Å². The number of halogens is 3. The highest BCUT2D eigenvalue weighted by Crippen LogP contribution is 2.33. The van der Waals surface area contributed by atoms with E-state index in [0.29, 0.717) is 10.9 Å². The smallest absolute Gasteiger partial charge is 0.416 e. The van der Waals surface area contributed by atoms with E-state index in [0.717, 1.165) is 17.8 Å². The number of hydrogen-bond donors (Lipinski definition) is 1. The molecule has 26 heavy (non-hydrogen) atoms. The van der Waals surface area contributed by atoms with Crippen LogP contribution in [-0.2, 0) is 28.9 Å². The Bertz CT molecular complexity index is 762. The number of aliphatic hydroxyl groups excluding tert-OH is 1. The van der Waals surface area contributed by atoms with Crippen molar-refractivity contribution in [2.75, 3.05) is 6.61 Å². The molecule has 1 aromatic heterocycles. The van der Waals surface area contributed by atoms with Crippen molar-refractivity contribution in [1.82, 2.24) is 9.55 Å². The number of nitrogens with zero attached hydrogens (tertiary/aromatic N) is 2. The molecule has 0 amide bonds. The molecule has 1 atom stereocenters. The molecular formula is C17H19F3N2O3S. The molecule has 0 fully saturated rings. The summed E-state index contributed by atoms with van der Waals surface area (Å²) in [4.78, 5) is 15.9. The topological polar surface area (TPSA) is 64.3 Å². The van der Waals surface area contributed by atoms with Crippen LogP contribution in [0, 0.1) is 0 Å². The minimum Gasteiger partial charge on any atom is -0.465 e. The van der Waals surface area contributed by atoms with Gasteiger partial charge in [-0.1, -0.05) is 30.0 Å². The molecule has 1 aromatic carbocycles. The number of esters is 1. The molecule has 0 bridgehead atoms. The number of imidazole rings is 1. The van der Waals surface area contributed by atoms with Gasteiger partial charge < -0.3 is 14.4 Å². The first-order valence-corrected chi connectivity index (χ1v) is 8.79. The van der Waals surface area contributed by atoms with Gasteiger partial charge in [-0.2, -0.15) is 13.2 Å². The van der Waals surface area contributed by atoms with Gasteiger partial charge in [0.25, 0.3) is 0 Å². The van der Waals surface area contributed by atoms with Gasteiger partial charge in [-0.15, -0.1) is 0 Å². The Morgan fingerprint density at radius 3 is 2.69 bits per heavy atom. The second-order valence-electron chi connectivity index (χ2n) is 5.44. The highest BCUT2D eigenvalue weighted by molar-refractivity contribution is 8.00. The molecule has 142 valence electrons. The molecule has 0 aliphatic carbocycles. The summed E-state index contributed by atoms with van der Waals surface area (Å²) in [5, 5.41) is 9.24. The molecule has 0 spiro atoms. The molecule has 0 aliphatic rings. The van der Waals surface area contributed by atoms with Crippen molar-refractivity contribution in [3.63, 3.8) is 0 Å². The van der Waals surface area contributed by atoms with E-state index < -0.39 is 23.0 Å². The van der Waals surface area contributed by atoms with Gasteiger partial charge >= 0.3 is 12.1 Å². The van der Waals surface area contributed by atoms with E-state index in [4.69, 9.17) is 4.74 Å². The first-order valence-electron chi connectivity index (χ1n) is 7.91. The maximum atomic E-state index is 13.2. The van der Waals surface area contributed by atoms with Gasteiger partial charge in [-0.3, -0.25) is 4.79 Å². The van der Waals surface area contributed by atoms with Crippen molar-refractivity contribution < 1.29 is 27.8 Å². The maximum absolute atomic E-state index is 13.2. The predicted molar refractivity (Wildman–Crippen MR) is 90.6 cm³/mol. The van der Waals surface area contributed by atoms with Crippen molar-refractivity contribution >= 4 is 17.7 Å². The van der Waals surface area contributed by atoms with Crippen LogP contribution >= 0.6 is 11.8 Å². The van der Waals surface area contributed by atoms with Crippen molar-refractivity contribution in [3.05, 3.63) is 47.3 Å². The number of ether oxygens (including phenoxy) is 1. The number of thioether (sulfide) groups is 1. The Morgan fingerprint density at radius 1 is 1.38 bits per heavy atom. The summed E-state index contributed by atoms with van der Waals surface area (Å²) in [6, 6.07) is 5.24. The zero-order valence-corrected chi connectivity index (χ0v) is 15.1. The second-order valence-corrected chi connectivity index (χ2v) is 6.75. The fraction of sp³-hybridized carbons (Fsp3) is 0.412. The van der Waals surface area contributed by atoms with Crippen LogP contribution in [-0.4, -0.2) is 32.5 Å². The molecule has 9 heteroatoms. The summed E-state index contributed by atoms with van der Waals surface area (Å²) in [5.74, 6) is -0.437. The minimum absolute atomic E-state index is 0.0540. The lowest BCUT2D eigenvalue weighted by Crippen LogP contribution is -2.18. The van der Waals surface area contributed by atoms with E-state index in [2.05, 4.69) is 4.98 Å². The number of benzene rings is 1. The third-order valence-electron chi connectivity index (χ3n) is 3.62. The molecule has 0 radical (unpaired) electrons. The van der Waals surface area contributed by atoms with Crippen molar-refractivity contribution in [2.24, 2.45) is 0 Å². The third kappa shape index (κ3) is 4.79. The van der Waals surface area contributed by atoms with Crippen molar-refractivity contribution in [2.45, 2.75) is 43.6 Å². The standard InChI is InChI=1S/C17H19F3N2O3S/c1-3-25-15(24)11(2)26-16-21-8-13(10-23)22(16)9-12-6-4-5-7-14(12)17(18,19)20/h4-8,11,23H,3,9-10H2,1-2H3/t11-/m0/s1. The Kier molecular flexibility index (Phi) is 6.71. The summed E-state index contributed by atoms with van der Waals surface area (Å²) in [7, 11) is 0. The van der Waals surface area contributed by atoms with E-state index in [1.807, 2.05) is 0 Å². The highest BCUT2D eigenvalue weighted by atomic mass is 32.2. The van der Waals surface area contributed by atoms with Gasteiger partial charge in [0, 0.05) is 0 Å². The van der Waals surface area contributed by atoms with Crippen LogP contribution in [0.5, 0.6) is 0 Å². The zero-order chi connectivity index (χ0) is 19.3. The number of aromatic nitrogens is 2. The van der Waals surface area contributed by atoms with Crippen LogP contribution in [0.25, 0.3) is 0 Å². The van der Waals surface area contributed by atoms with Crippen LogP contribution in [0.1, 0.15) is 30.7 Å². The molecule has 5 nitrogen and oxygen atoms in total. The molecule has 0 aliphatic heterocycles. The van der Waals surface area contributed by atoms with E-state index in [9.17, 15) is 23.1 Å². The van der Waals surface area contributed by atoms with Crippen LogP contribution in [0.3, 0.4) is 0 Å². The Balaban J connectivity index is 2.33. The summed E-state index contributed by atoms with van der Waals surface area (Å²) < 4.78 is 46.1. The quantitative estimate of drug-likeness (QED) is 0.581. The lowest BCUT2D eigenvalue weighted by molar-refractivity contribution is -0.142. The fourth-order valence-electron chi connectivity index (χ4n) is 2.35. The summed E-state index contributed by atoms with van der Waals surface area (Å²) in [6.07, 6.45) is -3.10. The predicted octanol–water partition coefficient (Wildman–Crippen LogP) is 3.49. The van der Waals surface area contributed by atoms with Crippen LogP contribution in [0.15, 0.2) is 35.6 Å². The van der Waals surface area contributed by atoms with E-state index in [1.54, 1.807) is 13.8 Å². The fourth-order valence-corrected chi connectivity index (χ4v) is 3.26. The maximum Gasteiger partial charge on any atom is 0.416 e. The molecule has 0 saturated carbocycles. The number of aliphatic hydroxyl groups is 1. The Morgan fingerprint density at radius 2 is 2.08 bits per heavy atom. The summed E-state index contributed by atoms with van der Waals surface area (Å²) >= 11 is 1.07. The number of carbonyl (C=O) groups is 1. The lowest BCUT2D eigenvalue weighted by Gasteiger charge is -2.17. The van der Waals surface area contributed by atoms with Crippen molar-refractivity contribution in [1.29, 1.82) is 0 Å². The van der Waals surface area contributed by atoms with Gasteiger partial charge in [0.05, 0.1) is 37.2 Å². The average Bonchev–Trinajstić information content (AvgIpc) is 2.96. The molecule has 0 unspecified atom stereocenters. The van der Waals surface area contributed by atoms with E-state index >= 15 is 0 Å². The molecule has 0 saturated heterocycles. The van der Waals surface area contributed by atoms with E-state index in [-0.39, 0.29) is 25.3 Å². The Hall–Kier alpha value is -2.00. The number of rotatable bonds is 7. The number of hydrogen-bond acceptors (Lipinski definition) is 5. The normalized spacial score (nSPS) is 12.8. The molecule has 1 heterocycles. The third-order valence-corrected chi connectivity index (χ3v) is 4.70. The van der Waals surface area contributed by atoms with Crippen LogP contribution in [0.2, 0.25) is 0 Å². The molecule has 2 aromatic rings. The monoisotopic (exact) mass is 388 g/mol. The summed E-state index contributed by atoms with van der Waals surface area (Å²) in [6.45, 7) is 3.05. The first-order chi connectivity index (χ1) is 12.3. The number of carbonyl (C=O) groups excluding carboxylic acids is 1. The van der Waals surface area contributed by atoms with Gasteiger partial charge in [0.1, 0.15) is 5.25 Å². The highest BCUT2D eigenvalue weighted by Gasteiger charge is 2.33. The molecule has 1 N–H and O–H groups in total. The largest absolute Gasteiger partial charge is 0.465 e. The zero-order valence-electron chi connectivity index (χ0n) is 14.3. The first kappa shape index (κ1) is 20.3. The van der Waals surface area contributed by atoms with Gasteiger partial charge in [0.15, 0.2) is 5.16 Å². The molecule has 2 rings (SSSR count). The average molecular weight is 388 g/mol. The van der Waals surface area contributed by atoms with Gasteiger partial charge in [-0.05, 0) is 25.5 Å². The SMILES string of the molecule is CCOC(=O)[C@H](C)Sc1ncc(CO)n1Cc1ccccc1C(F)(F)F. The second kappa shape index (κ2) is 8.59. The number of alkyl halides is 3. The lowest BCUT2D eigenvalue weighted by atomic mass is 10.1. The van der Waals surface area contributed by atoms with Crippen LogP contribution < -0.4 is 0 Å². The van der Waals surface area contributed by atoms with Gasteiger partial charge in [0.2, 0.25) is 0 Å². The minimum atomic E-state index is -4.48. The van der Waals surface area contributed by atoms with E-state index in [1.165, 1.54) is 29.0 Å². The Labute approximate surface area is 153 Å².